The van der Waals surface area contributed by atoms with Gasteiger partial charge in [-0.1, -0.05) is 12.1 Å². The molecule has 1 aromatic rings. The summed E-state index contributed by atoms with van der Waals surface area (Å²) in [6.07, 6.45) is 0. The smallest absolute Gasteiger partial charge is 0.123 e. The summed E-state index contributed by atoms with van der Waals surface area (Å²) in [5, 5.41) is 18.7. The Morgan fingerprint density at radius 1 is 1.11 bits per heavy atom. The zero-order chi connectivity index (χ0) is 13.0. The number of hydrogen-bond donors (Lipinski definition) is 2. The highest BCUT2D eigenvalue weighted by molar-refractivity contribution is 5.16. The van der Waals surface area contributed by atoms with Crippen LogP contribution in [0.2, 0.25) is 0 Å². The van der Waals surface area contributed by atoms with Crippen LogP contribution in [0.15, 0.2) is 24.3 Å². The minimum absolute atomic E-state index is 0.0162. The van der Waals surface area contributed by atoms with Crippen molar-refractivity contribution < 1.29 is 19.3 Å². The van der Waals surface area contributed by atoms with Gasteiger partial charge in [0.2, 0.25) is 0 Å². The Kier molecular flexibility index (Phi) is 4.66. The molecule has 5 heteroatoms. The van der Waals surface area contributed by atoms with Crippen molar-refractivity contribution in [2.75, 3.05) is 26.4 Å². The summed E-state index contributed by atoms with van der Waals surface area (Å²) < 4.78 is 18.2. The van der Waals surface area contributed by atoms with Gasteiger partial charge in [-0.25, -0.2) is 4.39 Å². The number of aliphatic hydroxyl groups excluding tert-OH is 2. The van der Waals surface area contributed by atoms with E-state index in [-0.39, 0.29) is 31.1 Å². The van der Waals surface area contributed by atoms with Crippen molar-refractivity contribution >= 4 is 0 Å². The lowest BCUT2D eigenvalue weighted by Crippen LogP contribution is -2.54. The summed E-state index contributed by atoms with van der Waals surface area (Å²) in [5.41, 5.74) is 0.954. The number of hydrogen-bond acceptors (Lipinski definition) is 4. The van der Waals surface area contributed by atoms with Crippen LogP contribution in [-0.4, -0.2) is 53.6 Å². The Balaban J connectivity index is 2.09. The highest BCUT2D eigenvalue weighted by Gasteiger charge is 2.30. The van der Waals surface area contributed by atoms with Crippen molar-refractivity contribution in [2.45, 2.75) is 18.6 Å². The molecule has 2 atom stereocenters. The Morgan fingerprint density at radius 2 is 1.67 bits per heavy atom. The van der Waals surface area contributed by atoms with E-state index in [0.717, 1.165) is 5.56 Å². The monoisotopic (exact) mass is 255 g/mol. The van der Waals surface area contributed by atoms with E-state index in [9.17, 15) is 14.6 Å². The molecule has 1 fully saturated rings. The zero-order valence-corrected chi connectivity index (χ0v) is 10.1. The molecule has 18 heavy (non-hydrogen) atoms. The molecule has 100 valence electrons. The average Bonchev–Trinajstić information content (AvgIpc) is 2.41. The van der Waals surface area contributed by atoms with Gasteiger partial charge >= 0.3 is 0 Å². The van der Waals surface area contributed by atoms with Gasteiger partial charge in [-0.2, -0.15) is 0 Å². The normalized spacial score (nSPS) is 25.3. The van der Waals surface area contributed by atoms with Crippen LogP contribution in [0.4, 0.5) is 4.39 Å². The summed E-state index contributed by atoms with van der Waals surface area (Å²) >= 11 is 0. The third-order valence-electron chi connectivity index (χ3n) is 3.26. The summed E-state index contributed by atoms with van der Waals surface area (Å²) in [4.78, 5) is 2.01. The van der Waals surface area contributed by atoms with Gasteiger partial charge in [0.25, 0.3) is 0 Å². The molecule has 0 aliphatic carbocycles. The van der Waals surface area contributed by atoms with Gasteiger partial charge in [-0.15, -0.1) is 0 Å². The molecule has 4 nitrogen and oxygen atoms in total. The molecule has 0 radical (unpaired) electrons. The summed E-state index contributed by atoms with van der Waals surface area (Å²) in [7, 11) is 0. The first-order chi connectivity index (χ1) is 8.74. The maximum absolute atomic E-state index is 12.8. The Labute approximate surface area is 106 Å². The van der Waals surface area contributed by atoms with Gasteiger partial charge in [0.05, 0.1) is 38.5 Å². The molecule has 1 aliphatic rings. The fourth-order valence-corrected chi connectivity index (χ4v) is 2.20. The molecule has 0 amide bonds. The fraction of sp³-hybridized carbons (Fsp3) is 0.538. The molecule has 2 unspecified atom stereocenters. The second-order valence-corrected chi connectivity index (χ2v) is 4.51. The van der Waals surface area contributed by atoms with Crippen LogP contribution in [-0.2, 0) is 11.3 Å². The third-order valence-corrected chi connectivity index (χ3v) is 3.26. The van der Waals surface area contributed by atoms with E-state index in [1.165, 1.54) is 12.1 Å². The van der Waals surface area contributed by atoms with Gasteiger partial charge in [0.1, 0.15) is 5.82 Å². The van der Waals surface area contributed by atoms with Gasteiger partial charge in [0.15, 0.2) is 0 Å². The molecule has 1 aliphatic heterocycles. The van der Waals surface area contributed by atoms with Gasteiger partial charge in [-0.05, 0) is 17.7 Å². The summed E-state index contributed by atoms with van der Waals surface area (Å²) in [6.45, 7) is 1.44. The third kappa shape index (κ3) is 3.05. The molecule has 2 N–H and O–H groups in total. The van der Waals surface area contributed by atoms with Crippen LogP contribution in [0.1, 0.15) is 5.56 Å². The number of morpholine rings is 1. The Hall–Kier alpha value is -1.01. The molecule has 0 aromatic heterocycles. The van der Waals surface area contributed by atoms with E-state index in [1.807, 2.05) is 4.90 Å². The molecular weight excluding hydrogens is 237 g/mol. The quantitative estimate of drug-likeness (QED) is 0.816. The summed E-state index contributed by atoms with van der Waals surface area (Å²) in [5.74, 6) is -0.266. The molecule has 1 aromatic carbocycles. The van der Waals surface area contributed by atoms with Gasteiger partial charge < -0.3 is 14.9 Å². The van der Waals surface area contributed by atoms with Crippen LogP contribution in [0, 0.1) is 5.82 Å². The number of ether oxygens (including phenoxy) is 1. The standard InChI is InChI=1S/C13H18FNO3/c14-11-3-1-10(2-4-11)5-15-12(6-16)8-18-9-13(15)7-17/h1-4,12-13,16-17H,5-9H2. The highest BCUT2D eigenvalue weighted by Crippen LogP contribution is 2.17. The van der Waals surface area contributed by atoms with Crippen molar-refractivity contribution in [3.8, 4) is 0 Å². The van der Waals surface area contributed by atoms with Crippen molar-refractivity contribution in [2.24, 2.45) is 0 Å². The zero-order valence-electron chi connectivity index (χ0n) is 10.1. The first kappa shape index (κ1) is 13.4. The first-order valence-corrected chi connectivity index (χ1v) is 6.04. The molecule has 1 saturated heterocycles. The van der Waals surface area contributed by atoms with E-state index in [0.29, 0.717) is 19.8 Å². The van der Waals surface area contributed by atoms with Crippen molar-refractivity contribution in [3.63, 3.8) is 0 Å². The van der Waals surface area contributed by atoms with Gasteiger partial charge in [-0.3, -0.25) is 4.90 Å². The molecule has 2 rings (SSSR count). The fourth-order valence-electron chi connectivity index (χ4n) is 2.20. The topological polar surface area (TPSA) is 52.9 Å². The number of benzene rings is 1. The summed E-state index contributed by atoms with van der Waals surface area (Å²) in [6, 6.07) is 6.01. The SMILES string of the molecule is OCC1COCC(CO)N1Cc1ccc(F)cc1. The predicted molar refractivity (Wildman–Crippen MR) is 64.5 cm³/mol. The minimum atomic E-state index is -0.266. The van der Waals surface area contributed by atoms with Crippen LogP contribution >= 0.6 is 0 Å². The van der Waals surface area contributed by atoms with Crippen molar-refractivity contribution in [3.05, 3.63) is 35.6 Å². The largest absolute Gasteiger partial charge is 0.395 e. The first-order valence-electron chi connectivity index (χ1n) is 6.04. The number of nitrogens with zero attached hydrogens (tertiary/aromatic N) is 1. The number of rotatable bonds is 4. The van der Waals surface area contributed by atoms with E-state index >= 15 is 0 Å². The minimum Gasteiger partial charge on any atom is -0.395 e. The number of aliphatic hydroxyl groups is 2. The molecular formula is C13H18FNO3. The molecule has 0 bridgehead atoms. The predicted octanol–water partition coefficient (Wildman–Crippen LogP) is 0.380. The highest BCUT2D eigenvalue weighted by atomic mass is 19.1. The maximum atomic E-state index is 12.8. The number of halogens is 1. The Bertz CT molecular complexity index is 359. The Morgan fingerprint density at radius 3 is 2.17 bits per heavy atom. The van der Waals surface area contributed by atoms with Crippen LogP contribution < -0.4 is 0 Å². The second-order valence-electron chi connectivity index (χ2n) is 4.51. The van der Waals surface area contributed by atoms with Crippen molar-refractivity contribution in [1.29, 1.82) is 0 Å². The van der Waals surface area contributed by atoms with Crippen molar-refractivity contribution in [1.82, 2.24) is 4.90 Å². The lowest BCUT2D eigenvalue weighted by Gasteiger charge is -2.40. The van der Waals surface area contributed by atoms with Crippen LogP contribution in [0.3, 0.4) is 0 Å². The molecule has 0 spiro atoms. The van der Waals surface area contributed by atoms with Gasteiger partial charge in [0, 0.05) is 6.54 Å². The van der Waals surface area contributed by atoms with E-state index in [2.05, 4.69) is 0 Å². The van der Waals surface area contributed by atoms with Crippen LogP contribution in [0.25, 0.3) is 0 Å². The van der Waals surface area contributed by atoms with Crippen LogP contribution in [0.5, 0.6) is 0 Å². The molecule has 0 saturated carbocycles. The van der Waals surface area contributed by atoms with E-state index in [1.54, 1.807) is 12.1 Å². The van der Waals surface area contributed by atoms with E-state index in [4.69, 9.17) is 4.74 Å². The lowest BCUT2D eigenvalue weighted by atomic mass is 10.1. The average molecular weight is 255 g/mol. The van der Waals surface area contributed by atoms with E-state index < -0.39 is 0 Å². The second kappa shape index (κ2) is 6.24. The molecule has 1 heterocycles. The lowest BCUT2D eigenvalue weighted by molar-refractivity contribution is -0.0829. The maximum Gasteiger partial charge on any atom is 0.123 e.